The largest absolute Gasteiger partial charge is 0.416 e. The quantitative estimate of drug-likeness (QED) is 0.342. The Labute approximate surface area is 160 Å². The number of alkyl halides is 3. The molecule has 0 atom stereocenters. The first kappa shape index (κ1) is 20.6. The molecule has 2 rings (SSSR count). The van der Waals surface area contributed by atoms with Crippen molar-refractivity contribution in [2.45, 2.75) is 6.18 Å². The molecule has 0 aliphatic heterocycles. The number of nitro groups is 1. The van der Waals surface area contributed by atoms with E-state index in [-0.39, 0.29) is 13.1 Å². The van der Waals surface area contributed by atoms with Gasteiger partial charge in [0.2, 0.25) is 0 Å². The smallest absolute Gasteiger partial charge is 0.351 e. The van der Waals surface area contributed by atoms with E-state index >= 15 is 0 Å². The van der Waals surface area contributed by atoms with E-state index in [9.17, 15) is 28.1 Å². The molecule has 0 bridgehead atoms. The van der Waals surface area contributed by atoms with Crippen LogP contribution in [0.15, 0.2) is 46.9 Å². The van der Waals surface area contributed by atoms with E-state index < -0.39 is 33.8 Å². The van der Waals surface area contributed by atoms with Gasteiger partial charge in [0.05, 0.1) is 10.5 Å². The number of carbonyl (C=O) groups excluding carboxylic acids is 1. The van der Waals surface area contributed by atoms with Crippen LogP contribution in [0.25, 0.3) is 0 Å². The van der Waals surface area contributed by atoms with Crippen molar-refractivity contribution in [2.75, 3.05) is 18.5 Å². The van der Waals surface area contributed by atoms with E-state index in [1.54, 1.807) is 12.1 Å². The number of non-ortho nitro benzene ring substituents is 1. The van der Waals surface area contributed by atoms with Gasteiger partial charge >= 0.3 is 6.18 Å². The average Bonchev–Trinajstić information content (AvgIpc) is 2.61. The van der Waals surface area contributed by atoms with Crippen LogP contribution in [0.2, 0.25) is 0 Å². The Bertz CT molecular complexity index is 829. The minimum Gasteiger partial charge on any atom is -0.351 e. The van der Waals surface area contributed by atoms with Crippen molar-refractivity contribution in [3.05, 3.63) is 68.2 Å². The molecule has 0 aliphatic carbocycles. The van der Waals surface area contributed by atoms with Crippen LogP contribution in [0.3, 0.4) is 0 Å². The van der Waals surface area contributed by atoms with Crippen molar-refractivity contribution in [3.8, 4) is 0 Å². The highest BCUT2D eigenvalue weighted by Crippen LogP contribution is 2.32. The SMILES string of the molecule is O=C(NCCNNc1ccc(Br)cc1)c1cc([N+](=O)[O-])cc(C(F)(F)F)c1. The third-order valence-electron chi connectivity index (χ3n) is 3.33. The zero-order valence-corrected chi connectivity index (χ0v) is 15.2. The number of anilines is 1. The van der Waals surface area contributed by atoms with E-state index in [0.29, 0.717) is 12.1 Å². The second kappa shape index (κ2) is 8.82. The van der Waals surface area contributed by atoms with Gasteiger partial charge in [-0.15, -0.1) is 0 Å². The van der Waals surface area contributed by atoms with Gasteiger partial charge in [0.15, 0.2) is 0 Å². The summed E-state index contributed by atoms with van der Waals surface area (Å²) in [6.07, 6.45) is -4.79. The van der Waals surface area contributed by atoms with Crippen LogP contribution in [0.5, 0.6) is 0 Å². The van der Waals surface area contributed by atoms with Crippen LogP contribution in [-0.4, -0.2) is 23.9 Å². The Morgan fingerprint density at radius 1 is 1.11 bits per heavy atom. The molecule has 3 N–H and O–H groups in total. The van der Waals surface area contributed by atoms with Crippen LogP contribution in [0.4, 0.5) is 24.5 Å². The first-order valence-corrected chi connectivity index (χ1v) is 8.35. The molecule has 2 aromatic rings. The highest BCUT2D eigenvalue weighted by Gasteiger charge is 2.33. The molecule has 27 heavy (non-hydrogen) atoms. The van der Waals surface area contributed by atoms with Crippen molar-refractivity contribution in [1.82, 2.24) is 10.7 Å². The number of halogens is 4. The summed E-state index contributed by atoms with van der Waals surface area (Å²) in [6, 6.07) is 9.03. The molecule has 7 nitrogen and oxygen atoms in total. The number of rotatable bonds is 7. The Morgan fingerprint density at radius 3 is 2.37 bits per heavy atom. The summed E-state index contributed by atoms with van der Waals surface area (Å²) < 4.78 is 39.4. The van der Waals surface area contributed by atoms with Crippen molar-refractivity contribution in [2.24, 2.45) is 0 Å². The predicted octanol–water partition coefficient (Wildman–Crippen LogP) is 3.72. The number of hydrazine groups is 1. The van der Waals surface area contributed by atoms with Gasteiger partial charge < -0.3 is 10.7 Å². The molecule has 0 saturated carbocycles. The lowest BCUT2D eigenvalue weighted by Crippen LogP contribution is -2.34. The van der Waals surface area contributed by atoms with Gasteiger partial charge in [-0.1, -0.05) is 15.9 Å². The van der Waals surface area contributed by atoms with Crippen LogP contribution in [0.1, 0.15) is 15.9 Å². The van der Waals surface area contributed by atoms with Crippen LogP contribution >= 0.6 is 15.9 Å². The lowest BCUT2D eigenvalue weighted by molar-refractivity contribution is -0.385. The zero-order chi connectivity index (χ0) is 20.0. The van der Waals surface area contributed by atoms with E-state index in [0.717, 1.165) is 16.2 Å². The Balaban J connectivity index is 1.92. The van der Waals surface area contributed by atoms with Crippen molar-refractivity contribution < 1.29 is 22.9 Å². The van der Waals surface area contributed by atoms with Crippen LogP contribution < -0.4 is 16.2 Å². The van der Waals surface area contributed by atoms with Crippen LogP contribution in [-0.2, 0) is 6.18 Å². The normalized spacial score (nSPS) is 11.1. The Kier molecular flexibility index (Phi) is 6.75. The molecule has 0 fully saturated rings. The molecule has 0 aromatic heterocycles. The fourth-order valence-electron chi connectivity index (χ4n) is 2.05. The van der Waals surface area contributed by atoms with Gasteiger partial charge in [0.25, 0.3) is 11.6 Å². The molecule has 11 heteroatoms. The number of benzene rings is 2. The molecule has 0 saturated heterocycles. The van der Waals surface area contributed by atoms with E-state index in [1.807, 2.05) is 12.1 Å². The first-order valence-electron chi connectivity index (χ1n) is 7.56. The van der Waals surface area contributed by atoms with E-state index in [4.69, 9.17) is 0 Å². The van der Waals surface area contributed by atoms with E-state index in [2.05, 4.69) is 32.1 Å². The number of carbonyl (C=O) groups is 1. The fourth-order valence-corrected chi connectivity index (χ4v) is 2.31. The lowest BCUT2D eigenvalue weighted by Gasteiger charge is -2.11. The molecule has 2 aromatic carbocycles. The van der Waals surface area contributed by atoms with Gasteiger partial charge in [0.1, 0.15) is 0 Å². The third-order valence-corrected chi connectivity index (χ3v) is 3.86. The van der Waals surface area contributed by atoms with Gasteiger partial charge in [-0.05, 0) is 30.3 Å². The summed E-state index contributed by atoms with van der Waals surface area (Å²) in [5, 5.41) is 13.2. The molecule has 0 spiro atoms. The maximum Gasteiger partial charge on any atom is 0.416 e. The minimum absolute atomic E-state index is 0.0897. The summed E-state index contributed by atoms with van der Waals surface area (Å²) in [5.74, 6) is -0.838. The van der Waals surface area contributed by atoms with Gasteiger partial charge in [-0.2, -0.15) is 13.2 Å². The maximum absolute atomic E-state index is 12.8. The summed E-state index contributed by atoms with van der Waals surface area (Å²) in [4.78, 5) is 21.8. The van der Waals surface area contributed by atoms with Crippen molar-refractivity contribution in [3.63, 3.8) is 0 Å². The van der Waals surface area contributed by atoms with E-state index in [1.165, 1.54) is 0 Å². The Hall–Kier alpha value is -2.66. The van der Waals surface area contributed by atoms with Gasteiger partial charge in [0, 0.05) is 40.9 Å². The maximum atomic E-state index is 12.8. The predicted molar refractivity (Wildman–Crippen MR) is 96.2 cm³/mol. The number of nitrogens with one attached hydrogen (secondary N) is 3. The summed E-state index contributed by atoms with van der Waals surface area (Å²) in [5.41, 5.74) is 3.99. The molecule has 1 amide bonds. The lowest BCUT2D eigenvalue weighted by atomic mass is 10.1. The number of hydrogen-bond donors (Lipinski definition) is 3. The monoisotopic (exact) mass is 446 g/mol. The number of amides is 1. The third kappa shape index (κ3) is 6.22. The molecule has 0 unspecified atom stereocenters. The summed E-state index contributed by atoms with van der Waals surface area (Å²) in [7, 11) is 0. The zero-order valence-electron chi connectivity index (χ0n) is 13.6. The standard InChI is InChI=1S/C16H14BrF3N4O3/c17-12-1-3-13(4-2-12)23-22-6-5-21-15(25)10-7-11(16(18,19)20)9-14(8-10)24(26)27/h1-4,7-9,22-23H,5-6H2,(H,21,25). The van der Waals surface area contributed by atoms with Crippen molar-refractivity contribution >= 4 is 33.2 Å². The second-order valence-corrected chi connectivity index (χ2v) is 6.25. The molecular weight excluding hydrogens is 433 g/mol. The van der Waals surface area contributed by atoms with Gasteiger partial charge in [-0.3, -0.25) is 14.9 Å². The number of nitrogens with zero attached hydrogens (tertiary/aromatic N) is 1. The Morgan fingerprint density at radius 2 is 1.78 bits per heavy atom. The van der Waals surface area contributed by atoms with Crippen LogP contribution in [0, 0.1) is 10.1 Å². The number of nitro benzene ring substituents is 1. The summed E-state index contributed by atoms with van der Waals surface area (Å²) in [6.45, 7) is 0.356. The fraction of sp³-hybridized carbons (Fsp3) is 0.188. The second-order valence-electron chi connectivity index (χ2n) is 5.34. The average molecular weight is 447 g/mol. The molecule has 144 valence electrons. The highest BCUT2D eigenvalue weighted by atomic mass is 79.9. The highest BCUT2D eigenvalue weighted by molar-refractivity contribution is 9.10. The van der Waals surface area contributed by atoms with Crippen molar-refractivity contribution in [1.29, 1.82) is 0 Å². The molecule has 0 aliphatic rings. The van der Waals surface area contributed by atoms with Gasteiger partial charge in [-0.25, -0.2) is 5.43 Å². The molecule has 0 radical (unpaired) electrons. The number of hydrogen-bond acceptors (Lipinski definition) is 5. The first-order chi connectivity index (χ1) is 12.7. The summed E-state index contributed by atoms with van der Waals surface area (Å²) >= 11 is 3.30. The topological polar surface area (TPSA) is 96.3 Å². The molecular formula is C16H14BrF3N4O3. The minimum atomic E-state index is -4.79. The molecule has 0 heterocycles.